The summed E-state index contributed by atoms with van der Waals surface area (Å²) in [6, 6.07) is 10.2. The van der Waals surface area contributed by atoms with E-state index in [1.54, 1.807) is 41.3 Å². The molecule has 1 saturated heterocycles. The van der Waals surface area contributed by atoms with Gasteiger partial charge in [0.25, 0.3) is 11.8 Å². The zero-order valence-corrected chi connectivity index (χ0v) is 21.1. The molecule has 1 aliphatic heterocycles. The number of nitrogens with zero attached hydrogens (tertiary/aromatic N) is 2. The molecule has 0 bridgehead atoms. The smallest absolute Gasteiger partial charge is 0.327 e. The molecular weight excluding hydrogens is 492 g/mol. The van der Waals surface area contributed by atoms with E-state index in [0.717, 1.165) is 10.9 Å². The third-order valence-corrected chi connectivity index (χ3v) is 6.57. The zero-order chi connectivity index (χ0) is 26.8. The number of rotatable bonds is 7. The second kappa shape index (κ2) is 10.4. The van der Waals surface area contributed by atoms with E-state index in [-0.39, 0.29) is 30.4 Å². The molecule has 0 saturated carbocycles. The standard InChI is InChI=1S/C26H28N6O6/c1-36-21-13-17-19(14-22(21)37-2)30-26(35)32(23(17)27)6-5-28-24(33)20-12-16-11-15(3-4-18(16)29-20)25(34)31-7-9-38-10-8-31/h3-4,11-14,27,29H,5-10H2,1-2H3,(H,28,33)(H,30,35). The Balaban J connectivity index is 1.29. The summed E-state index contributed by atoms with van der Waals surface area (Å²) in [7, 11) is 2.99. The fraction of sp³-hybridized carbons (Fsp3) is 0.308. The first-order valence-electron chi connectivity index (χ1n) is 12.1. The summed E-state index contributed by atoms with van der Waals surface area (Å²) in [5.41, 5.74) is 1.56. The van der Waals surface area contributed by atoms with Gasteiger partial charge in [0, 0.05) is 54.1 Å². The highest BCUT2D eigenvalue weighted by molar-refractivity contribution is 6.01. The van der Waals surface area contributed by atoms with Crippen LogP contribution in [0.25, 0.3) is 21.8 Å². The van der Waals surface area contributed by atoms with Gasteiger partial charge in [-0.25, -0.2) is 4.79 Å². The molecule has 1 aliphatic rings. The van der Waals surface area contributed by atoms with Gasteiger partial charge in [-0.1, -0.05) is 0 Å². The van der Waals surface area contributed by atoms with Crippen molar-refractivity contribution < 1.29 is 23.8 Å². The molecule has 2 aromatic carbocycles. The highest BCUT2D eigenvalue weighted by Gasteiger charge is 2.19. The summed E-state index contributed by atoms with van der Waals surface area (Å²) in [6.07, 6.45) is 0. The second-order valence-corrected chi connectivity index (χ2v) is 8.83. The Morgan fingerprint density at radius 1 is 1.03 bits per heavy atom. The minimum Gasteiger partial charge on any atom is -0.493 e. The highest BCUT2D eigenvalue weighted by atomic mass is 16.5. The van der Waals surface area contributed by atoms with Crippen LogP contribution < -0.4 is 26.0 Å². The largest absolute Gasteiger partial charge is 0.493 e. The number of H-pyrrole nitrogens is 2. The summed E-state index contributed by atoms with van der Waals surface area (Å²) in [4.78, 5) is 45.8. The van der Waals surface area contributed by atoms with E-state index in [1.807, 2.05) is 0 Å². The van der Waals surface area contributed by atoms with Crippen molar-refractivity contribution in [2.75, 3.05) is 47.1 Å². The number of nitrogens with one attached hydrogen (secondary N) is 4. The van der Waals surface area contributed by atoms with Crippen LogP contribution in [-0.2, 0) is 11.3 Å². The molecule has 198 valence electrons. The Bertz CT molecular complexity index is 1650. The summed E-state index contributed by atoms with van der Waals surface area (Å²) in [6.45, 7) is 2.36. The van der Waals surface area contributed by atoms with Crippen LogP contribution in [0.1, 0.15) is 20.8 Å². The van der Waals surface area contributed by atoms with Crippen LogP contribution in [0.4, 0.5) is 0 Å². The average molecular weight is 521 g/mol. The molecule has 0 atom stereocenters. The molecule has 0 aliphatic carbocycles. The quantitative estimate of drug-likeness (QED) is 0.287. The van der Waals surface area contributed by atoms with Crippen molar-refractivity contribution in [3.63, 3.8) is 0 Å². The van der Waals surface area contributed by atoms with Gasteiger partial charge in [0.05, 0.1) is 33.0 Å². The lowest BCUT2D eigenvalue weighted by molar-refractivity contribution is 0.0303. The maximum absolute atomic E-state index is 12.8. The van der Waals surface area contributed by atoms with Crippen molar-refractivity contribution in [3.05, 3.63) is 63.6 Å². The Morgan fingerprint density at radius 3 is 2.50 bits per heavy atom. The van der Waals surface area contributed by atoms with Crippen molar-refractivity contribution in [1.82, 2.24) is 24.8 Å². The number of ether oxygens (including phenoxy) is 3. The third-order valence-electron chi connectivity index (χ3n) is 6.57. The molecule has 4 N–H and O–H groups in total. The summed E-state index contributed by atoms with van der Waals surface area (Å²) in [5.74, 6) is 0.449. The van der Waals surface area contributed by atoms with Crippen molar-refractivity contribution in [2.24, 2.45) is 0 Å². The van der Waals surface area contributed by atoms with Crippen LogP contribution >= 0.6 is 0 Å². The Kier molecular flexibility index (Phi) is 6.88. The minimum atomic E-state index is -0.480. The highest BCUT2D eigenvalue weighted by Crippen LogP contribution is 2.29. The van der Waals surface area contributed by atoms with Crippen LogP contribution in [-0.4, -0.2) is 78.3 Å². The van der Waals surface area contributed by atoms with Gasteiger partial charge in [-0.2, -0.15) is 0 Å². The van der Waals surface area contributed by atoms with Crippen LogP contribution in [0.2, 0.25) is 0 Å². The molecule has 0 spiro atoms. The molecule has 0 unspecified atom stereocenters. The molecule has 3 heterocycles. The lowest BCUT2D eigenvalue weighted by Crippen LogP contribution is -2.40. The van der Waals surface area contributed by atoms with Gasteiger partial charge in [-0.15, -0.1) is 0 Å². The van der Waals surface area contributed by atoms with Crippen LogP contribution in [0.3, 0.4) is 0 Å². The number of carbonyl (C=O) groups excluding carboxylic acids is 2. The molecule has 1 fully saturated rings. The normalized spacial score (nSPS) is 13.6. The van der Waals surface area contributed by atoms with E-state index in [9.17, 15) is 14.4 Å². The van der Waals surface area contributed by atoms with E-state index in [0.29, 0.717) is 60.0 Å². The number of fused-ring (bicyclic) bond motifs is 2. The predicted molar refractivity (Wildman–Crippen MR) is 139 cm³/mol. The topological polar surface area (TPSA) is 155 Å². The maximum atomic E-state index is 12.8. The first-order valence-corrected chi connectivity index (χ1v) is 12.1. The zero-order valence-electron chi connectivity index (χ0n) is 21.1. The van der Waals surface area contributed by atoms with Crippen molar-refractivity contribution >= 4 is 33.6 Å². The second-order valence-electron chi connectivity index (χ2n) is 8.83. The first kappa shape index (κ1) is 25.1. The number of hydrogen-bond donors (Lipinski definition) is 4. The van der Waals surface area contributed by atoms with Crippen LogP contribution in [0.15, 0.2) is 41.2 Å². The molecule has 2 amide bonds. The number of morpholine rings is 1. The van der Waals surface area contributed by atoms with Gasteiger partial charge >= 0.3 is 5.69 Å². The van der Waals surface area contributed by atoms with Crippen molar-refractivity contribution in [3.8, 4) is 11.5 Å². The summed E-state index contributed by atoms with van der Waals surface area (Å²) in [5, 5.41) is 12.5. The Morgan fingerprint density at radius 2 is 1.76 bits per heavy atom. The van der Waals surface area contributed by atoms with Gasteiger partial charge < -0.3 is 34.4 Å². The van der Waals surface area contributed by atoms with E-state index in [1.165, 1.54) is 18.8 Å². The third kappa shape index (κ3) is 4.73. The molecule has 38 heavy (non-hydrogen) atoms. The van der Waals surface area contributed by atoms with E-state index in [2.05, 4.69) is 15.3 Å². The van der Waals surface area contributed by atoms with Crippen LogP contribution in [0.5, 0.6) is 11.5 Å². The molecule has 5 rings (SSSR count). The van der Waals surface area contributed by atoms with Gasteiger partial charge in [0.1, 0.15) is 11.2 Å². The number of benzene rings is 2. The van der Waals surface area contributed by atoms with Crippen molar-refractivity contribution in [2.45, 2.75) is 6.54 Å². The average Bonchev–Trinajstić information content (AvgIpc) is 3.38. The number of amides is 2. The maximum Gasteiger partial charge on any atom is 0.327 e. The number of hydrogen-bond acceptors (Lipinski definition) is 7. The van der Waals surface area contributed by atoms with Gasteiger partial charge in [-0.3, -0.25) is 19.6 Å². The number of carbonyl (C=O) groups is 2. The number of aromatic nitrogens is 3. The van der Waals surface area contributed by atoms with E-state index < -0.39 is 5.69 Å². The predicted octanol–water partition coefficient (Wildman–Crippen LogP) is 1.21. The SMILES string of the molecule is COc1cc2[nH]c(=O)n(CCNC(=O)c3cc4cc(C(=O)N5CCOCC5)ccc4[nH]3)c(=N)c2cc1OC. The summed E-state index contributed by atoms with van der Waals surface area (Å²) >= 11 is 0. The van der Waals surface area contributed by atoms with Crippen LogP contribution in [0, 0.1) is 5.41 Å². The number of aromatic amines is 2. The molecule has 12 heteroatoms. The van der Waals surface area contributed by atoms with E-state index >= 15 is 0 Å². The first-order chi connectivity index (χ1) is 18.4. The molecule has 0 radical (unpaired) electrons. The fourth-order valence-electron chi connectivity index (χ4n) is 4.53. The number of methoxy groups -OCH3 is 2. The van der Waals surface area contributed by atoms with Gasteiger partial charge in [0.2, 0.25) is 0 Å². The monoisotopic (exact) mass is 520 g/mol. The fourth-order valence-corrected chi connectivity index (χ4v) is 4.53. The Hall–Kier alpha value is -4.58. The molecule has 12 nitrogen and oxygen atoms in total. The minimum absolute atomic E-state index is 0.0120. The summed E-state index contributed by atoms with van der Waals surface area (Å²) < 4.78 is 17.1. The molecule has 2 aromatic heterocycles. The lowest BCUT2D eigenvalue weighted by atomic mass is 10.1. The lowest BCUT2D eigenvalue weighted by Gasteiger charge is -2.26. The molecular formula is C26H28N6O6. The van der Waals surface area contributed by atoms with Gasteiger partial charge in [0.15, 0.2) is 11.5 Å². The van der Waals surface area contributed by atoms with Gasteiger partial charge in [-0.05, 0) is 30.3 Å². The van der Waals surface area contributed by atoms with Crippen molar-refractivity contribution in [1.29, 1.82) is 5.41 Å². The molecule has 4 aromatic rings. The Labute approximate surface area is 216 Å². The van der Waals surface area contributed by atoms with E-state index in [4.69, 9.17) is 19.6 Å².